The van der Waals surface area contributed by atoms with Crippen molar-refractivity contribution in [2.75, 3.05) is 0 Å². The van der Waals surface area contributed by atoms with Crippen molar-refractivity contribution in [1.82, 2.24) is 5.32 Å². The van der Waals surface area contributed by atoms with Crippen LogP contribution in [0.3, 0.4) is 0 Å². The average Bonchev–Trinajstić information content (AvgIpc) is 2.71. The number of aryl methyl sites for hydroxylation is 1. The lowest BCUT2D eigenvalue weighted by Crippen LogP contribution is -2.27. The SMILES string of the molecule is CC(=O)C1=C(C)NC(SCc2ccccc2[N+](=O)[O-])=C(C#N)[C@H]1c1ccccc1C. The third-order valence-electron chi connectivity index (χ3n) is 5.09. The highest BCUT2D eigenvalue weighted by Gasteiger charge is 2.33. The molecule has 3 rings (SSSR count). The first-order valence-electron chi connectivity index (χ1n) is 9.38. The van der Waals surface area contributed by atoms with E-state index in [1.165, 1.54) is 24.8 Å². The average molecular weight is 420 g/mol. The minimum atomic E-state index is -0.469. The molecule has 1 aliphatic heterocycles. The first-order valence-corrected chi connectivity index (χ1v) is 10.4. The fourth-order valence-electron chi connectivity index (χ4n) is 3.68. The van der Waals surface area contributed by atoms with Gasteiger partial charge in [0.2, 0.25) is 0 Å². The molecule has 0 fully saturated rings. The van der Waals surface area contributed by atoms with Gasteiger partial charge in [0.15, 0.2) is 5.78 Å². The highest BCUT2D eigenvalue weighted by atomic mass is 32.2. The van der Waals surface area contributed by atoms with Gasteiger partial charge in [-0.1, -0.05) is 42.5 Å². The van der Waals surface area contributed by atoms with Crippen LogP contribution in [0.1, 0.15) is 36.5 Å². The van der Waals surface area contributed by atoms with E-state index >= 15 is 0 Å². The number of nitro groups is 1. The summed E-state index contributed by atoms with van der Waals surface area (Å²) in [6.45, 7) is 5.29. The quantitative estimate of drug-likeness (QED) is 0.516. The number of allylic oxidation sites excluding steroid dienone is 3. The second-order valence-electron chi connectivity index (χ2n) is 7.04. The Morgan fingerprint density at radius 2 is 1.87 bits per heavy atom. The Balaban J connectivity index is 2.05. The monoisotopic (exact) mass is 419 g/mol. The van der Waals surface area contributed by atoms with Gasteiger partial charge >= 0.3 is 0 Å². The molecule has 30 heavy (non-hydrogen) atoms. The predicted octanol–water partition coefficient (Wildman–Crippen LogP) is 5.12. The van der Waals surface area contributed by atoms with Crippen molar-refractivity contribution in [3.63, 3.8) is 0 Å². The van der Waals surface area contributed by atoms with Gasteiger partial charge in [0.05, 0.1) is 27.5 Å². The van der Waals surface area contributed by atoms with Crippen molar-refractivity contribution in [3.05, 3.63) is 97.2 Å². The van der Waals surface area contributed by atoms with E-state index in [-0.39, 0.29) is 11.5 Å². The highest BCUT2D eigenvalue weighted by molar-refractivity contribution is 8.02. The van der Waals surface area contributed by atoms with Crippen LogP contribution in [-0.4, -0.2) is 10.7 Å². The first-order chi connectivity index (χ1) is 14.3. The molecule has 0 saturated carbocycles. The topological polar surface area (TPSA) is 96.0 Å². The zero-order chi connectivity index (χ0) is 21.8. The van der Waals surface area contributed by atoms with E-state index in [4.69, 9.17) is 0 Å². The third-order valence-corrected chi connectivity index (χ3v) is 6.15. The Morgan fingerprint density at radius 1 is 1.20 bits per heavy atom. The summed E-state index contributed by atoms with van der Waals surface area (Å²) in [6, 6.07) is 16.6. The van der Waals surface area contributed by atoms with Crippen molar-refractivity contribution >= 4 is 23.2 Å². The number of thioether (sulfide) groups is 1. The van der Waals surface area contributed by atoms with E-state index in [9.17, 15) is 20.2 Å². The van der Waals surface area contributed by atoms with E-state index in [1.54, 1.807) is 18.2 Å². The number of nitriles is 1. The number of nitrogens with one attached hydrogen (secondary N) is 1. The summed E-state index contributed by atoms with van der Waals surface area (Å²) in [7, 11) is 0. The fourth-order valence-corrected chi connectivity index (χ4v) is 4.76. The molecule has 7 heteroatoms. The smallest absolute Gasteiger partial charge is 0.273 e. The van der Waals surface area contributed by atoms with E-state index in [1.807, 2.05) is 38.1 Å². The van der Waals surface area contributed by atoms with Crippen LogP contribution >= 0.6 is 11.8 Å². The molecule has 2 aromatic rings. The van der Waals surface area contributed by atoms with Gasteiger partial charge in [-0.05, 0) is 31.9 Å². The van der Waals surface area contributed by atoms with E-state index < -0.39 is 10.8 Å². The molecule has 0 bridgehead atoms. The largest absolute Gasteiger partial charge is 0.353 e. The minimum absolute atomic E-state index is 0.0482. The molecule has 0 aliphatic carbocycles. The number of para-hydroxylation sites is 1. The maximum absolute atomic E-state index is 12.5. The van der Waals surface area contributed by atoms with Crippen molar-refractivity contribution in [2.24, 2.45) is 0 Å². The van der Waals surface area contributed by atoms with Crippen LogP contribution in [0.25, 0.3) is 0 Å². The van der Waals surface area contributed by atoms with Crippen LogP contribution in [-0.2, 0) is 10.5 Å². The van der Waals surface area contributed by atoms with Crippen molar-refractivity contribution in [3.8, 4) is 6.07 Å². The molecule has 152 valence electrons. The van der Waals surface area contributed by atoms with Gasteiger partial charge in [-0.15, -0.1) is 11.8 Å². The second-order valence-corrected chi connectivity index (χ2v) is 8.02. The maximum Gasteiger partial charge on any atom is 0.273 e. The van der Waals surface area contributed by atoms with Crippen molar-refractivity contribution in [2.45, 2.75) is 32.4 Å². The lowest BCUT2D eigenvalue weighted by molar-refractivity contribution is -0.385. The Bertz CT molecular complexity index is 1130. The van der Waals surface area contributed by atoms with Crippen LogP contribution in [0.5, 0.6) is 0 Å². The summed E-state index contributed by atoms with van der Waals surface area (Å²) in [5.41, 5.74) is 4.23. The lowest BCUT2D eigenvalue weighted by atomic mass is 9.79. The van der Waals surface area contributed by atoms with Crippen LogP contribution in [0.2, 0.25) is 0 Å². The molecule has 0 aromatic heterocycles. The zero-order valence-corrected chi connectivity index (χ0v) is 17.7. The van der Waals surface area contributed by atoms with Gasteiger partial charge < -0.3 is 5.32 Å². The third kappa shape index (κ3) is 4.14. The van der Waals surface area contributed by atoms with Crippen LogP contribution in [0, 0.1) is 28.4 Å². The standard InChI is InChI=1S/C23H21N3O3S/c1-14-8-4-6-10-18(14)22-19(12-24)23(25-15(2)21(22)16(3)27)30-13-17-9-5-7-11-20(17)26(28)29/h4-11,22,25H,13H2,1-3H3/t22-/m1/s1. The number of Topliss-reactive ketones (excluding diaryl/α,β-unsaturated/α-hetero) is 1. The lowest BCUT2D eigenvalue weighted by Gasteiger charge is -2.30. The molecule has 1 aliphatic rings. The fraction of sp³-hybridized carbons (Fsp3) is 0.217. The summed E-state index contributed by atoms with van der Waals surface area (Å²) in [4.78, 5) is 23.4. The summed E-state index contributed by atoms with van der Waals surface area (Å²) in [5, 5.41) is 25.1. The molecule has 1 heterocycles. The zero-order valence-electron chi connectivity index (χ0n) is 16.9. The molecule has 0 unspecified atom stereocenters. The summed E-state index contributed by atoms with van der Waals surface area (Å²) in [6.07, 6.45) is 0. The molecule has 1 atom stereocenters. The molecular weight excluding hydrogens is 398 g/mol. The number of carbonyl (C=O) groups excluding carboxylic acids is 1. The number of hydrogen-bond acceptors (Lipinski definition) is 6. The van der Waals surface area contributed by atoms with Gasteiger partial charge in [0.25, 0.3) is 5.69 Å². The van der Waals surface area contributed by atoms with Gasteiger partial charge in [-0.2, -0.15) is 5.26 Å². The molecular formula is C23H21N3O3S. The molecule has 0 saturated heterocycles. The molecule has 6 nitrogen and oxygen atoms in total. The number of benzene rings is 2. The Kier molecular flexibility index (Phi) is 6.38. The Hall–Kier alpha value is -3.37. The number of nitrogens with zero attached hydrogens (tertiary/aromatic N) is 2. The minimum Gasteiger partial charge on any atom is -0.353 e. The van der Waals surface area contributed by atoms with Gasteiger partial charge in [0, 0.05) is 28.7 Å². The van der Waals surface area contributed by atoms with E-state index in [2.05, 4.69) is 11.4 Å². The second kappa shape index (κ2) is 8.97. The van der Waals surface area contributed by atoms with Gasteiger partial charge in [-0.3, -0.25) is 14.9 Å². The molecule has 0 amide bonds. The van der Waals surface area contributed by atoms with Gasteiger partial charge in [0.1, 0.15) is 0 Å². The molecule has 1 N–H and O–H groups in total. The first kappa shape index (κ1) is 21.3. The van der Waals surface area contributed by atoms with Gasteiger partial charge in [-0.25, -0.2) is 0 Å². The van der Waals surface area contributed by atoms with E-state index in [0.717, 1.165) is 11.1 Å². The summed E-state index contributed by atoms with van der Waals surface area (Å²) < 4.78 is 0. The van der Waals surface area contributed by atoms with Crippen LogP contribution in [0.4, 0.5) is 5.69 Å². The summed E-state index contributed by atoms with van der Waals surface area (Å²) >= 11 is 1.33. The van der Waals surface area contributed by atoms with E-state index in [0.29, 0.717) is 33.2 Å². The van der Waals surface area contributed by atoms with Crippen LogP contribution in [0.15, 0.2) is 70.4 Å². The Labute approximate surface area is 179 Å². The number of ketones is 1. The van der Waals surface area contributed by atoms with Crippen molar-refractivity contribution in [1.29, 1.82) is 5.26 Å². The van der Waals surface area contributed by atoms with Crippen LogP contribution < -0.4 is 5.32 Å². The number of hydrogen-bond donors (Lipinski definition) is 1. The normalized spacial score (nSPS) is 16.1. The number of rotatable bonds is 6. The predicted molar refractivity (Wildman–Crippen MR) is 117 cm³/mol. The molecule has 0 radical (unpaired) electrons. The molecule has 0 spiro atoms. The number of carbonyl (C=O) groups is 1. The summed E-state index contributed by atoms with van der Waals surface area (Å²) in [5.74, 6) is -0.236. The maximum atomic E-state index is 12.5. The number of nitro benzene ring substituents is 1. The highest BCUT2D eigenvalue weighted by Crippen LogP contribution is 2.42. The van der Waals surface area contributed by atoms with Crippen molar-refractivity contribution < 1.29 is 9.72 Å². The molecule has 2 aromatic carbocycles. The number of dihydropyridines is 1. The Morgan fingerprint density at radius 3 is 2.50 bits per heavy atom.